The molecule has 0 aliphatic carbocycles. The van der Waals surface area contributed by atoms with Crippen molar-refractivity contribution in [2.75, 3.05) is 12.4 Å². The monoisotopic (exact) mass is 255 g/mol. The number of hydrogen-bond acceptors (Lipinski definition) is 4. The van der Waals surface area contributed by atoms with Gasteiger partial charge in [0, 0.05) is 5.02 Å². The molecular formula is C11H10ClNO4. The first-order chi connectivity index (χ1) is 8.10. The average molecular weight is 256 g/mol. The van der Waals surface area contributed by atoms with Crippen LogP contribution in [0.1, 0.15) is 6.42 Å². The Morgan fingerprint density at radius 3 is 3.06 bits per heavy atom. The Hall–Kier alpha value is -1.75. The number of rotatable bonds is 2. The summed E-state index contributed by atoms with van der Waals surface area (Å²) in [6.07, 6.45) is -0.985. The normalized spacial score (nSPS) is 17.8. The number of esters is 1. The standard InChI is InChI=1S/C11H10ClNO4/c1-16-10(14)5-9-11(15)13-7-4-6(12)2-3-8(7)17-9/h2-4,9H,5H2,1H3,(H,13,15)/t9-/m0/s1. The van der Waals surface area contributed by atoms with E-state index in [1.807, 2.05) is 0 Å². The lowest BCUT2D eigenvalue weighted by Gasteiger charge is -2.25. The number of nitrogens with one attached hydrogen (secondary N) is 1. The van der Waals surface area contributed by atoms with Gasteiger partial charge in [-0.2, -0.15) is 0 Å². The topological polar surface area (TPSA) is 64.6 Å². The van der Waals surface area contributed by atoms with E-state index >= 15 is 0 Å². The summed E-state index contributed by atoms with van der Waals surface area (Å²) in [4.78, 5) is 22.7. The maximum atomic E-state index is 11.6. The number of methoxy groups -OCH3 is 1. The minimum atomic E-state index is -0.865. The molecule has 1 aliphatic heterocycles. The molecule has 2 rings (SSSR count). The minimum Gasteiger partial charge on any atom is -0.478 e. The fourth-order valence-corrected chi connectivity index (χ4v) is 1.66. The molecular weight excluding hydrogens is 246 g/mol. The Morgan fingerprint density at radius 1 is 1.59 bits per heavy atom. The third-order valence-corrected chi connectivity index (χ3v) is 2.58. The van der Waals surface area contributed by atoms with E-state index in [2.05, 4.69) is 10.1 Å². The number of carbonyl (C=O) groups excluding carboxylic acids is 2. The van der Waals surface area contributed by atoms with Crippen molar-refractivity contribution in [3.05, 3.63) is 23.2 Å². The van der Waals surface area contributed by atoms with Gasteiger partial charge in [0.15, 0.2) is 6.10 Å². The lowest BCUT2D eigenvalue weighted by atomic mass is 10.1. The smallest absolute Gasteiger partial charge is 0.309 e. The van der Waals surface area contributed by atoms with Gasteiger partial charge in [0.05, 0.1) is 19.2 Å². The van der Waals surface area contributed by atoms with Crippen LogP contribution in [-0.4, -0.2) is 25.1 Å². The van der Waals surface area contributed by atoms with Gasteiger partial charge in [-0.3, -0.25) is 9.59 Å². The summed E-state index contributed by atoms with van der Waals surface area (Å²) in [5.74, 6) is -0.393. The summed E-state index contributed by atoms with van der Waals surface area (Å²) < 4.78 is 9.89. The quantitative estimate of drug-likeness (QED) is 0.816. The first kappa shape index (κ1) is 11.7. The van der Waals surface area contributed by atoms with Crippen LogP contribution in [0.3, 0.4) is 0 Å². The van der Waals surface area contributed by atoms with Crippen LogP contribution in [0, 0.1) is 0 Å². The van der Waals surface area contributed by atoms with Crippen molar-refractivity contribution in [3.8, 4) is 5.75 Å². The van der Waals surface area contributed by atoms with Crippen molar-refractivity contribution in [2.24, 2.45) is 0 Å². The summed E-state index contributed by atoms with van der Waals surface area (Å²) >= 11 is 5.79. The van der Waals surface area contributed by atoms with Crippen LogP contribution in [0.25, 0.3) is 0 Å². The summed E-state index contributed by atoms with van der Waals surface area (Å²) in [6, 6.07) is 4.87. The average Bonchev–Trinajstić information content (AvgIpc) is 2.30. The van der Waals surface area contributed by atoms with E-state index in [-0.39, 0.29) is 12.3 Å². The lowest BCUT2D eigenvalue weighted by molar-refractivity contribution is -0.145. The van der Waals surface area contributed by atoms with E-state index < -0.39 is 12.1 Å². The molecule has 1 atom stereocenters. The number of fused-ring (bicyclic) bond motifs is 1. The fourth-order valence-electron chi connectivity index (χ4n) is 1.49. The third kappa shape index (κ3) is 2.50. The van der Waals surface area contributed by atoms with Gasteiger partial charge >= 0.3 is 5.97 Å². The van der Waals surface area contributed by atoms with Gasteiger partial charge in [-0.05, 0) is 18.2 Å². The lowest BCUT2D eigenvalue weighted by Crippen LogP contribution is -2.38. The maximum Gasteiger partial charge on any atom is 0.309 e. The van der Waals surface area contributed by atoms with E-state index in [0.717, 1.165) is 0 Å². The van der Waals surface area contributed by atoms with Gasteiger partial charge in [0.25, 0.3) is 5.91 Å². The molecule has 0 radical (unpaired) electrons. The van der Waals surface area contributed by atoms with Crippen molar-refractivity contribution >= 4 is 29.2 Å². The highest BCUT2D eigenvalue weighted by Gasteiger charge is 2.30. The van der Waals surface area contributed by atoms with Crippen LogP contribution < -0.4 is 10.1 Å². The van der Waals surface area contributed by atoms with E-state index in [0.29, 0.717) is 16.5 Å². The molecule has 0 saturated carbocycles. The third-order valence-electron chi connectivity index (χ3n) is 2.34. The van der Waals surface area contributed by atoms with Crippen LogP contribution in [0.2, 0.25) is 5.02 Å². The molecule has 0 saturated heterocycles. The molecule has 6 heteroatoms. The minimum absolute atomic E-state index is 0.121. The Labute approximate surface area is 103 Å². The second-order valence-corrected chi connectivity index (χ2v) is 3.95. The van der Waals surface area contributed by atoms with Gasteiger partial charge in [-0.15, -0.1) is 0 Å². The van der Waals surface area contributed by atoms with Crippen LogP contribution in [0.5, 0.6) is 5.75 Å². The summed E-state index contributed by atoms with van der Waals surface area (Å²) in [5.41, 5.74) is 0.503. The Balaban J connectivity index is 2.18. The molecule has 0 spiro atoms. The zero-order valence-electron chi connectivity index (χ0n) is 9.03. The molecule has 17 heavy (non-hydrogen) atoms. The Bertz CT molecular complexity index is 475. The molecule has 90 valence electrons. The van der Waals surface area contributed by atoms with Crippen molar-refractivity contribution in [1.29, 1.82) is 0 Å². The number of benzene rings is 1. The highest BCUT2D eigenvalue weighted by Crippen LogP contribution is 2.32. The maximum absolute atomic E-state index is 11.6. The summed E-state index contributed by atoms with van der Waals surface area (Å²) in [5, 5.41) is 3.12. The molecule has 0 unspecified atom stereocenters. The van der Waals surface area contributed by atoms with E-state index in [1.165, 1.54) is 7.11 Å². The fraction of sp³-hybridized carbons (Fsp3) is 0.273. The van der Waals surface area contributed by atoms with Gasteiger partial charge in [-0.1, -0.05) is 11.6 Å². The number of anilines is 1. The summed E-state index contributed by atoms with van der Waals surface area (Å²) in [7, 11) is 1.26. The SMILES string of the molecule is COC(=O)C[C@@H]1Oc2ccc(Cl)cc2NC1=O. The largest absolute Gasteiger partial charge is 0.478 e. The Kier molecular flexibility index (Phi) is 3.19. The molecule has 1 N–H and O–H groups in total. The van der Waals surface area contributed by atoms with E-state index in [4.69, 9.17) is 16.3 Å². The zero-order chi connectivity index (χ0) is 12.4. The van der Waals surface area contributed by atoms with Gasteiger partial charge in [-0.25, -0.2) is 0 Å². The van der Waals surface area contributed by atoms with Gasteiger partial charge in [0.2, 0.25) is 0 Å². The molecule has 0 bridgehead atoms. The molecule has 1 aromatic rings. The number of amides is 1. The second-order valence-electron chi connectivity index (χ2n) is 3.52. The van der Waals surface area contributed by atoms with Crippen LogP contribution >= 0.6 is 11.6 Å². The second kappa shape index (κ2) is 4.63. The summed E-state index contributed by atoms with van der Waals surface area (Å²) in [6.45, 7) is 0. The number of halogens is 1. The molecule has 1 amide bonds. The highest BCUT2D eigenvalue weighted by atomic mass is 35.5. The highest BCUT2D eigenvalue weighted by molar-refractivity contribution is 6.31. The molecule has 5 nitrogen and oxygen atoms in total. The molecule has 0 fully saturated rings. The van der Waals surface area contributed by atoms with Crippen molar-refractivity contribution in [2.45, 2.75) is 12.5 Å². The van der Waals surface area contributed by atoms with Gasteiger partial charge in [0.1, 0.15) is 5.75 Å². The first-order valence-corrected chi connectivity index (χ1v) is 5.32. The number of ether oxygens (including phenoxy) is 2. The van der Waals surface area contributed by atoms with Crippen LogP contribution in [0.4, 0.5) is 5.69 Å². The van der Waals surface area contributed by atoms with Crippen LogP contribution in [-0.2, 0) is 14.3 Å². The van der Waals surface area contributed by atoms with E-state index in [1.54, 1.807) is 18.2 Å². The first-order valence-electron chi connectivity index (χ1n) is 4.94. The molecule has 0 aromatic heterocycles. The number of carbonyl (C=O) groups is 2. The molecule has 1 heterocycles. The zero-order valence-corrected chi connectivity index (χ0v) is 9.78. The van der Waals surface area contributed by atoms with Crippen molar-refractivity contribution < 1.29 is 19.1 Å². The van der Waals surface area contributed by atoms with E-state index in [9.17, 15) is 9.59 Å². The van der Waals surface area contributed by atoms with Crippen molar-refractivity contribution in [3.63, 3.8) is 0 Å². The predicted molar refractivity (Wildman–Crippen MR) is 61.1 cm³/mol. The number of hydrogen-bond donors (Lipinski definition) is 1. The Morgan fingerprint density at radius 2 is 2.35 bits per heavy atom. The van der Waals surface area contributed by atoms with Gasteiger partial charge < -0.3 is 14.8 Å². The predicted octanol–water partition coefficient (Wildman–Crippen LogP) is 1.60. The van der Waals surface area contributed by atoms with Crippen molar-refractivity contribution in [1.82, 2.24) is 0 Å². The molecule has 1 aromatic carbocycles. The molecule has 1 aliphatic rings. The van der Waals surface area contributed by atoms with Crippen LogP contribution in [0.15, 0.2) is 18.2 Å².